The molecule has 2 fully saturated rings. The Morgan fingerprint density at radius 3 is 2.28 bits per heavy atom. The van der Waals surface area contributed by atoms with Crippen LogP contribution in [-0.2, 0) is 14.8 Å². The topological polar surface area (TPSA) is 86.8 Å². The van der Waals surface area contributed by atoms with Gasteiger partial charge in [0, 0.05) is 30.0 Å². The van der Waals surface area contributed by atoms with E-state index in [9.17, 15) is 18.0 Å². The van der Waals surface area contributed by atoms with E-state index in [1.807, 2.05) is 24.3 Å². The zero-order chi connectivity index (χ0) is 23.1. The molecule has 4 rings (SSSR count). The number of rotatable bonds is 4. The molecule has 0 bridgehead atoms. The molecule has 0 radical (unpaired) electrons. The van der Waals surface area contributed by atoms with Crippen molar-refractivity contribution in [2.24, 2.45) is 5.41 Å². The monoisotopic (exact) mass is 475 g/mol. The SMILES string of the molecule is CC1(C)CS(=O)(=O)N(c2cc(C(=O)Nc3ccc(N4CCCCC4)cc3)ccc2Cl)C1=O. The molecule has 2 heterocycles. The van der Waals surface area contributed by atoms with Gasteiger partial charge >= 0.3 is 0 Å². The van der Waals surface area contributed by atoms with Crippen molar-refractivity contribution in [2.75, 3.05) is 33.4 Å². The largest absolute Gasteiger partial charge is 0.372 e. The second-order valence-corrected chi connectivity index (χ2v) is 11.1. The molecule has 0 saturated carbocycles. The zero-order valence-electron chi connectivity index (χ0n) is 18.1. The summed E-state index contributed by atoms with van der Waals surface area (Å²) >= 11 is 6.22. The molecule has 170 valence electrons. The number of sulfonamides is 1. The van der Waals surface area contributed by atoms with E-state index >= 15 is 0 Å². The molecule has 2 aliphatic heterocycles. The van der Waals surface area contributed by atoms with Gasteiger partial charge in [-0.05, 0) is 75.6 Å². The molecule has 2 aliphatic rings. The summed E-state index contributed by atoms with van der Waals surface area (Å²) in [6.45, 7) is 5.22. The number of piperidine rings is 1. The Morgan fingerprint density at radius 2 is 1.69 bits per heavy atom. The van der Waals surface area contributed by atoms with E-state index < -0.39 is 27.3 Å². The summed E-state index contributed by atoms with van der Waals surface area (Å²) in [6, 6.07) is 11.9. The van der Waals surface area contributed by atoms with E-state index in [0.29, 0.717) is 5.69 Å². The fraction of sp³-hybridized carbons (Fsp3) is 0.391. The maximum Gasteiger partial charge on any atom is 0.255 e. The number of carbonyl (C=O) groups is 2. The minimum absolute atomic E-state index is 0.00432. The fourth-order valence-corrected chi connectivity index (χ4v) is 6.53. The normalized spacial score (nSPS) is 19.8. The molecule has 2 amide bonds. The summed E-state index contributed by atoms with van der Waals surface area (Å²) in [5.41, 5.74) is 0.888. The fourth-order valence-electron chi connectivity index (χ4n) is 4.16. The van der Waals surface area contributed by atoms with Crippen LogP contribution in [0.1, 0.15) is 43.5 Å². The van der Waals surface area contributed by atoms with Crippen LogP contribution in [0.15, 0.2) is 42.5 Å². The van der Waals surface area contributed by atoms with Crippen LogP contribution in [0.5, 0.6) is 0 Å². The van der Waals surface area contributed by atoms with Crippen molar-refractivity contribution in [3.8, 4) is 0 Å². The lowest BCUT2D eigenvalue weighted by Crippen LogP contribution is -2.33. The minimum atomic E-state index is -3.87. The lowest BCUT2D eigenvalue weighted by molar-refractivity contribution is -0.123. The van der Waals surface area contributed by atoms with E-state index in [1.165, 1.54) is 37.5 Å². The molecule has 2 saturated heterocycles. The third-order valence-electron chi connectivity index (χ3n) is 5.86. The van der Waals surface area contributed by atoms with Gasteiger partial charge in [-0.25, -0.2) is 12.7 Å². The van der Waals surface area contributed by atoms with Crippen LogP contribution < -0.4 is 14.5 Å². The summed E-state index contributed by atoms with van der Waals surface area (Å²) in [5, 5.41) is 2.91. The molecule has 2 aromatic carbocycles. The van der Waals surface area contributed by atoms with E-state index in [1.54, 1.807) is 13.8 Å². The first-order valence-corrected chi connectivity index (χ1v) is 12.6. The molecular formula is C23H26ClN3O4S. The number of anilines is 3. The van der Waals surface area contributed by atoms with Crippen molar-refractivity contribution >= 4 is 50.5 Å². The Balaban J connectivity index is 1.55. The Morgan fingerprint density at radius 1 is 1.03 bits per heavy atom. The van der Waals surface area contributed by atoms with Crippen LogP contribution in [0.25, 0.3) is 0 Å². The number of halogens is 1. The molecule has 7 nitrogen and oxygen atoms in total. The van der Waals surface area contributed by atoms with Crippen LogP contribution in [0.4, 0.5) is 17.1 Å². The standard InChI is InChI=1S/C23H26ClN3O4S/c1-23(2)15-32(30,31)27(22(23)29)20-14-16(6-11-19(20)24)21(28)25-17-7-9-18(10-8-17)26-12-4-3-5-13-26/h6-11,14H,3-5,12-13,15H2,1-2H3,(H,25,28). The van der Waals surface area contributed by atoms with Gasteiger partial charge in [0.2, 0.25) is 15.9 Å². The van der Waals surface area contributed by atoms with Gasteiger partial charge in [0.05, 0.1) is 21.9 Å². The maximum atomic E-state index is 12.8. The first-order chi connectivity index (χ1) is 15.1. The zero-order valence-corrected chi connectivity index (χ0v) is 19.7. The van der Waals surface area contributed by atoms with Crippen LogP contribution in [0, 0.1) is 5.41 Å². The van der Waals surface area contributed by atoms with Gasteiger partial charge in [-0.15, -0.1) is 0 Å². The third kappa shape index (κ3) is 4.34. The van der Waals surface area contributed by atoms with Gasteiger partial charge in [-0.2, -0.15) is 0 Å². The summed E-state index contributed by atoms with van der Waals surface area (Å²) in [4.78, 5) is 27.9. The van der Waals surface area contributed by atoms with E-state index in [2.05, 4.69) is 10.2 Å². The summed E-state index contributed by atoms with van der Waals surface area (Å²) in [6.07, 6.45) is 3.63. The molecule has 0 aromatic heterocycles. The molecule has 9 heteroatoms. The predicted octanol–water partition coefficient (Wildman–Crippen LogP) is 4.29. The molecule has 1 N–H and O–H groups in total. The highest BCUT2D eigenvalue weighted by molar-refractivity contribution is 7.94. The summed E-state index contributed by atoms with van der Waals surface area (Å²) in [7, 11) is -3.87. The van der Waals surface area contributed by atoms with E-state index in [4.69, 9.17) is 11.6 Å². The van der Waals surface area contributed by atoms with Crippen LogP contribution in [0.3, 0.4) is 0 Å². The van der Waals surface area contributed by atoms with Gasteiger partial charge in [0.1, 0.15) is 0 Å². The quantitative estimate of drug-likeness (QED) is 0.713. The average molecular weight is 476 g/mol. The highest BCUT2D eigenvalue weighted by Gasteiger charge is 2.50. The van der Waals surface area contributed by atoms with Crippen molar-refractivity contribution in [3.05, 3.63) is 53.1 Å². The minimum Gasteiger partial charge on any atom is -0.372 e. The maximum absolute atomic E-state index is 12.8. The van der Waals surface area contributed by atoms with Gasteiger partial charge in [0.25, 0.3) is 5.91 Å². The molecule has 0 aliphatic carbocycles. The van der Waals surface area contributed by atoms with E-state index in [-0.39, 0.29) is 22.0 Å². The van der Waals surface area contributed by atoms with Gasteiger partial charge in [-0.1, -0.05) is 11.6 Å². The number of amides is 2. The van der Waals surface area contributed by atoms with Crippen molar-refractivity contribution in [1.29, 1.82) is 0 Å². The Kier molecular flexibility index (Phi) is 5.94. The van der Waals surface area contributed by atoms with Crippen LogP contribution in [0.2, 0.25) is 5.02 Å². The number of nitrogens with one attached hydrogen (secondary N) is 1. The number of benzene rings is 2. The molecule has 32 heavy (non-hydrogen) atoms. The number of hydrogen-bond donors (Lipinski definition) is 1. The molecular weight excluding hydrogens is 450 g/mol. The highest BCUT2D eigenvalue weighted by Crippen LogP contribution is 2.39. The number of hydrogen-bond acceptors (Lipinski definition) is 5. The Bertz CT molecular complexity index is 1160. The van der Waals surface area contributed by atoms with Crippen molar-refractivity contribution in [3.63, 3.8) is 0 Å². The smallest absolute Gasteiger partial charge is 0.255 e. The average Bonchev–Trinajstić information content (AvgIpc) is 2.92. The molecule has 0 spiro atoms. The number of carbonyl (C=O) groups excluding carboxylic acids is 2. The highest BCUT2D eigenvalue weighted by atomic mass is 35.5. The predicted molar refractivity (Wildman–Crippen MR) is 127 cm³/mol. The summed E-state index contributed by atoms with van der Waals surface area (Å²) in [5.74, 6) is -1.29. The van der Waals surface area contributed by atoms with Crippen LogP contribution in [-0.4, -0.2) is 39.1 Å². The Hall–Kier alpha value is -2.58. The first kappa shape index (κ1) is 22.6. The summed E-state index contributed by atoms with van der Waals surface area (Å²) < 4.78 is 26.0. The molecule has 0 unspecified atom stereocenters. The van der Waals surface area contributed by atoms with Gasteiger partial charge < -0.3 is 10.2 Å². The third-order valence-corrected chi connectivity index (χ3v) is 8.18. The molecule has 0 atom stereocenters. The Labute approximate surface area is 193 Å². The van der Waals surface area contributed by atoms with E-state index in [0.717, 1.165) is 23.1 Å². The second kappa shape index (κ2) is 8.41. The number of nitrogens with zero attached hydrogens (tertiary/aromatic N) is 2. The second-order valence-electron chi connectivity index (χ2n) is 8.92. The lowest BCUT2D eigenvalue weighted by Gasteiger charge is -2.28. The van der Waals surface area contributed by atoms with Gasteiger partial charge in [-0.3, -0.25) is 9.59 Å². The van der Waals surface area contributed by atoms with Crippen molar-refractivity contribution < 1.29 is 18.0 Å². The van der Waals surface area contributed by atoms with Gasteiger partial charge in [0.15, 0.2) is 0 Å². The van der Waals surface area contributed by atoms with Crippen molar-refractivity contribution in [1.82, 2.24) is 0 Å². The van der Waals surface area contributed by atoms with Crippen LogP contribution >= 0.6 is 11.6 Å². The lowest BCUT2D eigenvalue weighted by atomic mass is 9.95. The molecule has 2 aromatic rings. The first-order valence-electron chi connectivity index (χ1n) is 10.6. The van der Waals surface area contributed by atoms with Crippen molar-refractivity contribution in [2.45, 2.75) is 33.1 Å².